The molecule has 21 heavy (non-hydrogen) atoms. The van der Waals surface area contributed by atoms with Crippen LogP contribution in [0.25, 0.3) is 0 Å². The molecule has 2 rings (SSSR count). The van der Waals surface area contributed by atoms with E-state index in [-0.39, 0.29) is 22.0 Å². The van der Waals surface area contributed by atoms with Crippen molar-refractivity contribution >= 4 is 27.3 Å². The van der Waals surface area contributed by atoms with Crippen molar-refractivity contribution in [2.75, 3.05) is 12.3 Å². The van der Waals surface area contributed by atoms with Gasteiger partial charge in [0, 0.05) is 12.7 Å². The number of hydrogen-bond acceptors (Lipinski definition) is 5. The molecule has 7 nitrogen and oxygen atoms in total. The van der Waals surface area contributed by atoms with Gasteiger partial charge in [0.05, 0.1) is 35.1 Å². The molecular weight excluding hydrogens is 314 g/mol. The number of hydrogen-bond donors (Lipinski definition) is 2. The predicted molar refractivity (Wildman–Crippen MR) is 78.0 cm³/mol. The van der Waals surface area contributed by atoms with Crippen LogP contribution in [0.15, 0.2) is 35.5 Å². The molecule has 0 atom stereocenters. The summed E-state index contributed by atoms with van der Waals surface area (Å²) in [5, 5.41) is 12.8. The van der Waals surface area contributed by atoms with E-state index in [9.17, 15) is 8.42 Å². The summed E-state index contributed by atoms with van der Waals surface area (Å²) >= 11 is 5.87. The van der Waals surface area contributed by atoms with E-state index in [1.165, 1.54) is 29.1 Å². The number of nitrogens with one attached hydrogen (secondary N) is 1. The molecule has 1 aromatic heterocycles. The van der Waals surface area contributed by atoms with Crippen molar-refractivity contribution in [3.63, 3.8) is 0 Å². The number of nitrogens with zero attached hydrogens (tertiary/aromatic N) is 3. The van der Waals surface area contributed by atoms with Gasteiger partial charge < -0.3 is 5.73 Å². The molecule has 0 saturated heterocycles. The van der Waals surface area contributed by atoms with E-state index in [0.717, 1.165) is 0 Å². The van der Waals surface area contributed by atoms with Crippen LogP contribution in [-0.4, -0.2) is 24.7 Å². The number of nitrogens with two attached hydrogens (primary N) is 1. The summed E-state index contributed by atoms with van der Waals surface area (Å²) < 4.78 is 28.2. The highest BCUT2D eigenvalue weighted by Gasteiger charge is 2.18. The molecule has 3 N–H and O–H groups in total. The number of rotatable bonds is 5. The summed E-state index contributed by atoms with van der Waals surface area (Å²) in [6.45, 7) is 0.447. The number of benzene rings is 1. The second-order valence-corrected chi connectivity index (χ2v) is 6.33. The van der Waals surface area contributed by atoms with E-state index < -0.39 is 10.0 Å². The fraction of sp³-hybridized carbons (Fsp3) is 0.167. The van der Waals surface area contributed by atoms with Gasteiger partial charge in [0.25, 0.3) is 0 Å². The van der Waals surface area contributed by atoms with Crippen molar-refractivity contribution in [2.45, 2.75) is 11.4 Å². The number of aromatic nitrogens is 2. The quantitative estimate of drug-likeness (QED) is 0.850. The maximum Gasteiger partial charge on any atom is 0.242 e. The topological polar surface area (TPSA) is 114 Å². The SMILES string of the molecule is N#Cc1ccc(Cl)c(S(=O)(=O)NCCn2cc(N)cn2)c1. The molecule has 0 saturated carbocycles. The van der Waals surface area contributed by atoms with Gasteiger partial charge in [0.2, 0.25) is 10.0 Å². The molecule has 0 fully saturated rings. The molecule has 1 heterocycles. The molecule has 9 heteroatoms. The van der Waals surface area contributed by atoms with Gasteiger partial charge in [0.15, 0.2) is 0 Å². The molecule has 0 aliphatic rings. The first-order valence-electron chi connectivity index (χ1n) is 5.89. The Morgan fingerprint density at radius 1 is 1.48 bits per heavy atom. The minimum absolute atomic E-state index is 0.0600. The lowest BCUT2D eigenvalue weighted by molar-refractivity contribution is 0.561. The van der Waals surface area contributed by atoms with E-state index in [4.69, 9.17) is 22.6 Å². The average Bonchev–Trinajstić information content (AvgIpc) is 2.84. The Labute approximate surface area is 127 Å². The van der Waals surface area contributed by atoms with E-state index in [0.29, 0.717) is 12.2 Å². The first-order chi connectivity index (χ1) is 9.92. The van der Waals surface area contributed by atoms with Crippen LogP contribution >= 0.6 is 11.6 Å². The van der Waals surface area contributed by atoms with Gasteiger partial charge >= 0.3 is 0 Å². The third-order valence-corrected chi connectivity index (χ3v) is 4.58. The summed E-state index contributed by atoms with van der Waals surface area (Å²) in [5.74, 6) is 0. The standard InChI is InChI=1S/C12H12ClN5O2S/c13-11-2-1-9(6-14)5-12(11)21(19,20)17-3-4-18-8-10(15)7-16-18/h1-2,5,7-8,17H,3-4,15H2. The van der Waals surface area contributed by atoms with Crippen LogP contribution in [0.2, 0.25) is 5.02 Å². The monoisotopic (exact) mass is 325 g/mol. The fourth-order valence-corrected chi connectivity index (χ4v) is 3.20. The van der Waals surface area contributed by atoms with Crippen molar-refractivity contribution in [3.8, 4) is 6.07 Å². The molecule has 0 aliphatic carbocycles. The van der Waals surface area contributed by atoms with Crippen molar-refractivity contribution in [1.29, 1.82) is 5.26 Å². The number of nitrogen functional groups attached to an aromatic ring is 1. The van der Waals surface area contributed by atoms with Crippen LogP contribution in [0.3, 0.4) is 0 Å². The Bertz CT molecular complexity index is 794. The molecule has 0 amide bonds. The maximum absolute atomic E-state index is 12.2. The van der Waals surface area contributed by atoms with Crippen LogP contribution in [0, 0.1) is 11.3 Å². The Morgan fingerprint density at radius 3 is 2.86 bits per heavy atom. The average molecular weight is 326 g/mol. The zero-order chi connectivity index (χ0) is 15.5. The highest BCUT2D eigenvalue weighted by atomic mass is 35.5. The van der Waals surface area contributed by atoms with Crippen LogP contribution in [0.5, 0.6) is 0 Å². The molecule has 0 radical (unpaired) electrons. The lowest BCUT2D eigenvalue weighted by Crippen LogP contribution is -2.27. The highest BCUT2D eigenvalue weighted by Crippen LogP contribution is 2.22. The van der Waals surface area contributed by atoms with Crippen LogP contribution < -0.4 is 10.5 Å². The zero-order valence-corrected chi connectivity index (χ0v) is 12.4. The molecule has 2 aromatic rings. The smallest absolute Gasteiger partial charge is 0.242 e. The van der Waals surface area contributed by atoms with Crippen molar-refractivity contribution in [3.05, 3.63) is 41.2 Å². The van der Waals surface area contributed by atoms with E-state index in [1.54, 1.807) is 6.20 Å². The number of anilines is 1. The molecular formula is C12H12ClN5O2S. The minimum atomic E-state index is -3.79. The van der Waals surface area contributed by atoms with Gasteiger partial charge in [-0.1, -0.05) is 11.6 Å². The molecule has 0 aliphatic heterocycles. The highest BCUT2D eigenvalue weighted by molar-refractivity contribution is 7.89. The Balaban J connectivity index is 2.10. The summed E-state index contributed by atoms with van der Waals surface area (Å²) in [4.78, 5) is -0.122. The molecule has 1 aromatic carbocycles. The lowest BCUT2D eigenvalue weighted by Gasteiger charge is -2.08. The normalized spacial score (nSPS) is 11.2. The van der Waals surface area contributed by atoms with Gasteiger partial charge in [-0.15, -0.1) is 0 Å². The van der Waals surface area contributed by atoms with Crippen LogP contribution in [-0.2, 0) is 16.6 Å². The van der Waals surface area contributed by atoms with Crippen LogP contribution in [0.4, 0.5) is 5.69 Å². The zero-order valence-electron chi connectivity index (χ0n) is 10.8. The van der Waals surface area contributed by atoms with E-state index >= 15 is 0 Å². The predicted octanol–water partition coefficient (Wildman–Crippen LogP) is 0.969. The molecule has 0 bridgehead atoms. The van der Waals surface area contributed by atoms with Gasteiger partial charge in [-0.2, -0.15) is 10.4 Å². The van der Waals surface area contributed by atoms with E-state index in [2.05, 4.69) is 9.82 Å². The summed E-state index contributed by atoms with van der Waals surface area (Å²) in [5.41, 5.74) is 6.23. The van der Waals surface area contributed by atoms with E-state index in [1.807, 2.05) is 6.07 Å². The van der Waals surface area contributed by atoms with Gasteiger partial charge in [0.1, 0.15) is 4.90 Å². The van der Waals surface area contributed by atoms with Crippen molar-refractivity contribution < 1.29 is 8.42 Å². The number of nitriles is 1. The minimum Gasteiger partial charge on any atom is -0.396 e. The first-order valence-corrected chi connectivity index (χ1v) is 7.76. The second kappa shape index (κ2) is 6.13. The maximum atomic E-state index is 12.2. The molecule has 0 unspecified atom stereocenters. The molecule has 110 valence electrons. The third-order valence-electron chi connectivity index (χ3n) is 2.64. The van der Waals surface area contributed by atoms with Gasteiger partial charge in [-0.05, 0) is 18.2 Å². The molecule has 0 spiro atoms. The Morgan fingerprint density at radius 2 is 2.24 bits per heavy atom. The second-order valence-electron chi connectivity index (χ2n) is 4.19. The Kier molecular flexibility index (Phi) is 4.47. The van der Waals surface area contributed by atoms with Crippen molar-refractivity contribution in [1.82, 2.24) is 14.5 Å². The van der Waals surface area contributed by atoms with Gasteiger partial charge in [-0.3, -0.25) is 4.68 Å². The van der Waals surface area contributed by atoms with Crippen LogP contribution in [0.1, 0.15) is 5.56 Å². The van der Waals surface area contributed by atoms with Crippen molar-refractivity contribution in [2.24, 2.45) is 0 Å². The Hall–Kier alpha value is -2.08. The summed E-state index contributed by atoms with van der Waals surface area (Å²) in [7, 11) is -3.79. The lowest BCUT2D eigenvalue weighted by atomic mass is 10.2. The van der Waals surface area contributed by atoms with Gasteiger partial charge in [-0.25, -0.2) is 13.1 Å². The summed E-state index contributed by atoms with van der Waals surface area (Å²) in [6, 6.07) is 5.94. The number of halogens is 1. The largest absolute Gasteiger partial charge is 0.396 e. The summed E-state index contributed by atoms with van der Waals surface area (Å²) in [6.07, 6.45) is 3.07. The number of sulfonamides is 1. The first kappa shape index (κ1) is 15.3. The third kappa shape index (κ3) is 3.72. The fourth-order valence-electron chi connectivity index (χ4n) is 1.65.